The van der Waals surface area contributed by atoms with Gasteiger partial charge in [-0.25, -0.2) is 4.39 Å². The molecule has 0 aliphatic heterocycles. The Kier molecular flexibility index (Phi) is 4.49. The van der Waals surface area contributed by atoms with Crippen LogP contribution >= 0.6 is 15.9 Å². The maximum absolute atomic E-state index is 14.5. The molecule has 1 fully saturated rings. The molecule has 24 heavy (non-hydrogen) atoms. The molecule has 0 N–H and O–H groups in total. The molecule has 126 valence electrons. The summed E-state index contributed by atoms with van der Waals surface area (Å²) in [5.74, 6) is 0. The van der Waals surface area contributed by atoms with Crippen molar-refractivity contribution in [2.45, 2.75) is 36.6 Å². The van der Waals surface area contributed by atoms with Gasteiger partial charge < -0.3 is 9.90 Å². The zero-order valence-corrected chi connectivity index (χ0v) is 14.9. The molecule has 3 unspecified atom stereocenters. The maximum atomic E-state index is 14.5. The van der Waals surface area contributed by atoms with Gasteiger partial charge in [0.1, 0.15) is 18.6 Å². The van der Waals surface area contributed by atoms with Crippen LogP contribution in [0.15, 0.2) is 60.7 Å². The quantitative estimate of drug-likeness (QED) is 0.571. The number of benzene rings is 2. The van der Waals surface area contributed by atoms with E-state index >= 15 is 0 Å². The van der Waals surface area contributed by atoms with E-state index in [1.54, 1.807) is 0 Å². The SMILES string of the molecule is CC(c1ccccc1)[N@@+](Cc1ccccc1)(C(=O)[O-])C1CC1(F)Br. The molecule has 1 saturated carbocycles. The lowest BCUT2D eigenvalue weighted by atomic mass is 10.0. The lowest BCUT2D eigenvalue weighted by Crippen LogP contribution is -2.61. The first-order chi connectivity index (χ1) is 11.4. The predicted molar refractivity (Wildman–Crippen MR) is 91.8 cm³/mol. The van der Waals surface area contributed by atoms with Gasteiger partial charge in [-0.05, 0) is 22.9 Å². The van der Waals surface area contributed by atoms with E-state index < -0.39 is 27.2 Å². The Morgan fingerprint density at radius 1 is 1.25 bits per heavy atom. The highest BCUT2D eigenvalue weighted by Gasteiger charge is 2.68. The van der Waals surface area contributed by atoms with Crippen LogP contribution in [-0.4, -0.2) is 21.2 Å². The molecule has 5 heteroatoms. The Hall–Kier alpha value is -1.72. The van der Waals surface area contributed by atoms with Gasteiger partial charge in [0.2, 0.25) is 4.58 Å². The fraction of sp³-hybridized carbons (Fsp3) is 0.316. The Morgan fingerprint density at radius 3 is 2.21 bits per heavy atom. The molecule has 3 nitrogen and oxygen atoms in total. The number of carbonyl (C=O) groups excluding carboxylic acids is 1. The Bertz CT molecular complexity index is 723. The number of amides is 1. The second kappa shape index (κ2) is 6.30. The smallest absolute Gasteiger partial charge is 0.258 e. The second-order valence-corrected chi connectivity index (χ2v) is 7.73. The summed E-state index contributed by atoms with van der Waals surface area (Å²) in [6.45, 7) is 2.01. The highest BCUT2D eigenvalue weighted by molar-refractivity contribution is 9.10. The number of halogens is 2. The fourth-order valence-corrected chi connectivity index (χ4v) is 4.12. The molecule has 4 atom stereocenters. The van der Waals surface area contributed by atoms with Crippen LogP contribution in [0.1, 0.15) is 30.5 Å². The molecule has 1 aliphatic carbocycles. The zero-order valence-electron chi connectivity index (χ0n) is 13.4. The van der Waals surface area contributed by atoms with E-state index in [1.807, 2.05) is 67.6 Å². The van der Waals surface area contributed by atoms with E-state index in [-0.39, 0.29) is 13.0 Å². The van der Waals surface area contributed by atoms with Gasteiger partial charge in [0.15, 0.2) is 0 Å². The molecule has 0 heterocycles. The number of hydrogen-bond acceptors (Lipinski definition) is 2. The molecule has 2 aromatic rings. The number of hydrogen-bond donors (Lipinski definition) is 0. The molecule has 1 amide bonds. The topological polar surface area (TPSA) is 40.1 Å². The van der Waals surface area contributed by atoms with Crippen molar-refractivity contribution in [2.75, 3.05) is 0 Å². The third kappa shape index (κ3) is 2.98. The van der Waals surface area contributed by atoms with Crippen LogP contribution in [0.5, 0.6) is 0 Å². The van der Waals surface area contributed by atoms with E-state index in [2.05, 4.69) is 15.9 Å². The van der Waals surface area contributed by atoms with E-state index in [1.165, 1.54) is 0 Å². The summed E-state index contributed by atoms with van der Waals surface area (Å²) < 4.78 is 12.4. The summed E-state index contributed by atoms with van der Waals surface area (Å²) in [6, 6.07) is 17.6. The Labute approximate surface area is 149 Å². The monoisotopic (exact) mass is 391 g/mol. The molecular weight excluding hydrogens is 373 g/mol. The third-order valence-corrected chi connectivity index (χ3v) is 5.80. The fourth-order valence-electron chi connectivity index (χ4n) is 3.45. The van der Waals surface area contributed by atoms with Gasteiger partial charge in [0, 0.05) is 11.1 Å². The average Bonchev–Trinajstić information content (AvgIpc) is 3.22. The lowest BCUT2D eigenvalue weighted by Gasteiger charge is -2.43. The minimum atomic E-state index is -1.66. The number of alkyl halides is 2. The van der Waals surface area contributed by atoms with Crippen molar-refractivity contribution in [1.29, 1.82) is 0 Å². The molecule has 3 rings (SSSR count). The maximum Gasteiger partial charge on any atom is 0.258 e. The molecule has 0 spiro atoms. The van der Waals surface area contributed by atoms with Crippen LogP contribution in [0, 0.1) is 0 Å². The number of carbonyl (C=O) groups is 1. The highest BCUT2D eigenvalue weighted by atomic mass is 79.9. The van der Waals surface area contributed by atoms with E-state index in [0.29, 0.717) is 0 Å². The summed E-state index contributed by atoms with van der Waals surface area (Å²) in [4.78, 5) is 12.3. The molecule has 0 bridgehead atoms. The number of carboxylic acid groups (broad SMARTS) is 1. The van der Waals surface area contributed by atoms with Crippen LogP contribution in [0.4, 0.5) is 9.18 Å². The molecule has 0 aromatic heterocycles. The largest absolute Gasteiger partial charge is 0.498 e. The summed E-state index contributed by atoms with van der Waals surface area (Å²) in [7, 11) is 0. The standard InChI is InChI=1S/C19H19BrFNO2/c1-14(16-10-6-3-7-11-16)22(18(23)24,17-12-19(17,20)21)13-15-8-4-2-5-9-15/h2-11,14,17H,12-13H2,1H3/t14?,17?,19?,22-/m1/s1. The van der Waals surface area contributed by atoms with Gasteiger partial charge >= 0.3 is 0 Å². The Balaban J connectivity index is 2.07. The average molecular weight is 392 g/mol. The minimum Gasteiger partial charge on any atom is -0.498 e. The highest BCUT2D eigenvalue weighted by Crippen LogP contribution is 2.56. The first kappa shape index (κ1) is 17.1. The van der Waals surface area contributed by atoms with Crippen molar-refractivity contribution in [3.63, 3.8) is 0 Å². The van der Waals surface area contributed by atoms with Crippen molar-refractivity contribution in [3.05, 3.63) is 71.8 Å². The second-order valence-electron chi connectivity index (χ2n) is 6.41. The summed E-state index contributed by atoms with van der Waals surface area (Å²) in [5, 5.41) is 12.3. The van der Waals surface area contributed by atoms with Gasteiger partial charge in [0.05, 0.1) is 6.42 Å². The van der Waals surface area contributed by atoms with E-state index in [0.717, 1.165) is 11.1 Å². The van der Waals surface area contributed by atoms with Crippen molar-refractivity contribution in [1.82, 2.24) is 0 Å². The first-order valence-electron chi connectivity index (χ1n) is 7.93. The summed E-state index contributed by atoms with van der Waals surface area (Å²) >= 11 is 3.04. The normalized spacial score (nSPS) is 26.4. The number of nitrogens with zero attached hydrogens (tertiary/aromatic N) is 1. The van der Waals surface area contributed by atoms with Crippen molar-refractivity contribution in [3.8, 4) is 0 Å². The molecular formula is C19H19BrFNO2. The number of quaternary nitrogens is 1. The van der Waals surface area contributed by atoms with Crippen molar-refractivity contribution in [2.24, 2.45) is 0 Å². The van der Waals surface area contributed by atoms with Crippen LogP contribution in [0.2, 0.25) is 0 Å². The number of rotatable bonds is 5. The summed E-state index contributed by atoms with van der Waals surface area (Å²) in [5.41, 5.74) is 1.70. The molecule has 1 aliphatic rings. The van der Waals surface area contributed by atoms with Crippen LogP contribution in [0.25, 0.3) is 0 Å². The molecule has 0 radical (unpaired) electrons. The van der Waals surface area contributed by atoms with E-state index in [4.69, 9.17) is 0 Å². The van der Waals surface area contributed by atoms with Gasteiger partial charge in [-0.1, -0.05) is 60.7 Å². The van der Waals surface area contributed by atoms with Gasteiger partial charge in [0.25, 0.3) is 6.09 Å². The Morgan fingerprint density at radius 2 is 1.75 bits per heavy atom. The lowest BCUT2D eigenvalue weighted by molar-refractivity contribution is -0.927. The molecule has 2 aromatic carbocycles. The van der Waals surface area contributed by atoms with Crippen LogP contribution < -0.4 is 5.11 Å². The predicted octanol–water partition coefficient (Wildman–Crippen LogP) is 3.94. The van der Waals surface area contributed by atoms with Gasteiger partial charge in [-0.15, -0.1) is 0 Å². The van der Waals surface area contributed by atoms with Gasteiger partial charge in [-0.3, -0.25) is 4.48 Å². The van der Waals surface area contributed by atoms with Crippen LogP contribution in [0.3, 0.4) is 0 Å². The van der Waals surface area contributed by atoms with Gasteiger partial charge in [-0.2, -0.15) is 0 Å². The van der Waals surface area contributed by atoms with E-state index in [9.17, 15) is 14.3 Å². The van der Waals surface area contributed by atoms with Crippen molar-refractivity contribution < 1.29 is 18.8 Å². The minimum absolute atomic E-state index is 0.158. The summed E-state index contributed by atoms with van der Waals surface area (Å²) in [6.07, 6.45) is -1.09. The third-order valence-electron chi connectivity index (χ3n) is 4.95. The molecule has 0 saturated heterocycles. The first-order valence-corrected chi connectivity index (χ1v) is 8.73. The van der Waals surface area contributed by atoms with Crippen molar-refractivity contribution >= 4 is 22.0 Å². The van der Waals surface area contributed by atoms with Crippen LogP contribution in [-0.2, 0) is 6.54 Å². The zero-order chi connectivity index (χ0) is 17.4.